The molecule has 0 fully saturated rings. The average molecular weight is 308 g/mol. The van der Waals surface area contributed by atoms with Crippen LogP contribution in [-0.4, -0.2) is 6.54 Å². The van der Waals surface area contributed by atoms with Crippen molar-refractivity contribution in [3.63, 3.8) is 0 Å². The van der Waals surface area contributed by atoms with Crippen molar-refractivity contribution in [2.75, 3.05) is 6.54 Å². The van der Waals surface area contributed by atoms with E-state index in [-0.39, 0.29) is 0 Å². The Bertz CT molecular complexity index is 495. The second-order valence-electron chi connectivity index (χ2n) is 5.02. The Hall–Kier alpha value is -0.830. The monoisotopic (exact) mass is 307 g/mol. The predicted octanol–water partition coefficient (Wildman–Crippen LogP) is 5.47. The van der Waals surface area contributed by atoms with E-state index < -0.39 is 0 Å². The lowest BCUT2D eigenvalue weighted by Crippen LogP contribution is -2.21. The highest BCUT2D eigenvalue weighted by molar-refractivity contribution is 7.10. The molecule has 1 aromatic carbocycles. The first-order valence-electron chi connectivity index (χ1n) is 7.31. The maximum Gasteiger partial charge on any atom is 0.0561 e. The average Bonchev–Trinajstić information content (AvgIpc) is 2.90. The summed E-state index contributed by atoms with van der Waals surface area (Å²) in [6, 6.07) is 13.1. The minimum atomic E-state index is 0.395. The number of nitrogens with one attached hydrogen (secondary N) is 1. The van der Waals surface area contributed by atoms with Crippen LogP contribution in [0.1, 0.15) is 42.7 Å². The molecule has 0 amide bonds. The molecular weight excluding hydrogens is 286 g/mol. The lowest BCUT2D eigenvalue weighted by atomic mass is 10.0. The Morgan fingerprint density at radius 2 is 2.00 bits per heavy atom. The van der Waals surface area contributed by atoms with Gasteiger partial charge in [-0.2, -0.15) is 0 Å². The maximum absolute atomic E-state index is 6.28. The molecule has 0 spiro atoms. The van der Waals surface area contributed by atoms with Crippen molar-refractivity contribution in [1.82, 2.24) is 5.32 Å². The van der Waals surface area contributed by atoms with E-state index in [9.17, 15) is 0 Å². The van der Waals surface area contributed by atoms with Gasteiger partial charge in [0.1, 0.15) is 0 Å². The van der Waals surface area contributed by atoms with Crippen molar-refractivity contribution in [2.45, 2.75) is 38.6 Å². The number of rotatable bonds is 8. The topological polar surface area (TPSA) is 12.0 Å². The molecule has 0 radical (unpaired) electrons. The molecule has 1 heterocycles. The van der Waals surface area contributed by atoms with Gasteiger partial charge in [-0.05, 0) is 49.2 Å². The first-order chi connectivity index (χ1) is 9.81. The van der Waals surface area contributed by atoms with Crippen molar-refractivity contribution < 1.29 is 0 Å². The number of hydrogen-bond acceptors (Lipinski definition) is 2. The summed E-state index contributed by atoms with van der Waals surface area (Å²) >= 11 is 8.04. The van der Waals surface area contributed by atoms with Gasteiger partial charge in [-0.15, -0.1) is 11.3 Å². The van der Waals surface area contributed by atoms with Crippen LogP contribution in [0.25, 0.3) is 0 Å². The second kappa shape index (κ2) is 8.46. The van der Waals surface area contributed by atoms with Gasteiger partial charge in [0.05, 0.1) is 5.02 Å². The summed E-state index contributed by atoms with van der Waals surface area (Å²) in [6.45, 7) is 3.24. The van der Waals surface area contributed by atoms with E-state index >= 15 is 0 Å². The van der Waals surface area contributed by atoms with Crippen LogP contribution >= 0.6 is 22.9 Å². The predicted molar refractivity (Wildman–Crippen MR) is 89.7 cm³/mol. The summed E-state index contributed by atoms with van der Waals surface area (Å²) in [7, 11) is 0. The summed E-state index contributed by atoms with van der Waals surface area (Å²) in [5.41, 5.74) is 1.42. The number of benzene rings is 1. The Kier molecular flexibility index (Phi) is 6.58. The Morgan fingerprint density at radius 3 is 2.65 bits per heavy atom. The van der Waals surface area contributed by atoms with Gasteiger partial charge in [0, 0.05) is 10.9 Å². The van der Waals surface area contributed by atoms with E-state index in [0.717, 1.165) is 30.8 Å². The third kappa shape index (κ3) is 4.62. The summed E-state index contributed by atoms with van der Waals surface area (Å²) in [5, 5.41) is 6.61. The fraction of sp³-hybridized carbons (Fsp3) is 0.412. The first kappa shape index (κ1) is 15.6. The minimum absolute atomic E-state index is 0.395. The van der Waals surface area contributed by atoms with Gasteiger partial charge in [-0.25, -0.2) is 0 Å². The zero-order valence-corrected chi connectivity index (χ0v) is 13.5. The van der Waals surface area contributed by atoms with Gasteiger partial charge in [-0.3, -0.25) is 0 Å². The highest BCUT2D eigenvalue weighted by atomic mass is 35.5. The lowest BCUT2D eigenvalue weighted by Gasteiger charge is -2.17. The van der Waals surface area contributed by atoms with Crippen molar-refractivity contribution in [3.05, 3.63) is 57.2 Å². The lowest BCUT2D eigenvalue weighted by molar-refractivity contribution is 0.491. The molecule has 2 rings (SSSR count). The smallest absolute Gasteiger partial charge is 0.0561 e. The quantitative estimate of drug-likeness (QED) is 0.682. The highest BCUT2D eigenvalue weighted by Crippen LogP contribution is 2.31. The van der Waals surface area contributed by atoms with Crippen LogP contribution in [0.5, 0.6) is 0 Å². The van der Waals surface area contributed by atoms with Crippen LogP contribution in [0.4, 0.5) is 0 Å². The van der Waals surface area contributed by atoms with E-state index in [2.05, 4.69) is 48.0 Å². The fourth-order valence-electron chi connectivity index (χ4n) is 2.35. The van der Waals surface area contributed by atoms with E-state index in [1.807, 2.05) is 6.07 Å². The molecule has 2 aromatic rings. The Morgan fingerprint density at radius 1 is 1.20 bits per heavy atom. The number of aryl methyl sites for hydroxylation is 1. The third-order valence-electron chi connectivity index (χ3n) is 3.40. The van der Waals surface area contributed by atoms with Crippen molar-refractivity contribution >= 4 is 22.9 Å². The van der Waals surface area contributed by atoms with Crippen molar-refractivity contribution in [2.24, 2.45) is 0 Å². The molecular formula is C17H22ClNS. The summed E-state index contributed by atoms with van der Waals surface area (Å²) in [5.74, 6) is 0. The van der Waals surface area contributed by atoms with E-state index in [0.29, 0.717) is 6.04 Å². The van der Waals surface area contributed by atoms with Crippen LogP contribution in [-0.2, 0) is 6.42 Å². The van der Waals surface area contributed by atoms with E-state index in [1.165, 1.54) is 16.9 Å². The van der Waals surface area contributed by atoms with Gasteiger partial charge in [0.25, 0.3) is 0 Å². The molecule has 1 nitrogen and oxygen atoms in total. The molecule has 0 saturated heterocycles. The van der Waals surface area contributed by atoms with E-state index in [4.69, 9.17) is 11.6 Å². The van der Waals surface area contributed by atoms with Crippen molar-refractivity contribution in [1.29, 1.82) is 0 Å². The zero-order chi connectivity index (χ0) is 14.2. The maximum atomic E-state index is 6.28. The molecule has 20 heavy (non-hydrogen) atoms. The third-order valence-corrected chi connectivity index (χ3v) is 4.88. The van der Waals surface area contributed by atoms with Crippen LogP contribution in [0, 0.1) is 0 Å². The molecule has 0 aliphatic heterocycles. The van der Waals surface area contributed by atoms with Gasteiger partial charge in [0.2, 0.25) is 0 Å². The first-order valence-corrected chi connectivity index (χ1v) is 8.57. The zero-order valence-electron chi connectivity index (χ0n) is 11.9. The second-order valence-corrected chi connectivity index (χ2v) is 6.37. The van der Waals surface area contributed by atoms with Crippen molar-refractivity contribution in [3.8, 4) is 0 Å². The molecule has 108 valence electrons. The number of hydrogen-bond donors (Lipinski definition) is 1. The largest absolute Gasteiger partial charge is 0.309 e. The molecule has 1 N–H and O–H groups in total. The van der Waals surface area contributed by atoms with Crippen LogP contribution in [0.2, 0.25) is 5.02 Å². The summed E-state index contributed by atoms with van der Waals surface area (Å²) < 4.78 is 0. The molecule has 0 aliphatic rings. The van der Waals surface area contributed by atoms with Gasteiger partial charge >= 0.3 is 0 Å². The highest BCUT2D eigenvalue weighted by Gasteiger charge is 2.15. The van der Waals surface area contributed by atoms with Crippen LogP contribution in [0.15, 0.2) is 41.8 Å². The summed E-state index contributed by atoms with van der Waals surface area (Å²) in [6.07, 6.45) is 4.60. The molecule has 0 saturated carbocycles. The van der Waals surface area contributed by atoms with Gasteiger partial charge < -0.3 is 5.32 Å². The summed E-state index contributed by atoms with van der Waals surface area (Å²) in [4.78, 5) is 1.29. The standard InChI is InChI=1S/C17H22ClNS/c1-2-12-19-16(17-15(18)11-13-20-17)10-6-9-14-7-4-3-5-8-14/h3-5,7-8,11,13,16,19H,2,6,9-10,12H2,1H3. The fourth-order valence-corrected chi connectivity index (χ4v) is 3.65. The van der Waals surface area contributed by atoms with Crippen LogP contribution < -0.4 is 5.32 Å². The number of thiophene rings is 1. The number of halogens is 1. The molecule has 0 aliphatic carbocycles. The normalized spacial score (nSPS) is 12.5. The molecule has 3 heteroatoms. The SMILES string of the molecule is CCCNC(CCCc1ccccc1)c1sccc1Cl. The van der Waals surface area contributed by atoms with Gasteiger partial charge in [0.15, 0.2) is 0 Å². The van der Waals surface area contributed by atoms with Gasteiger partial charge in [-0.1, -0.05) is 48.9 Å². The molecule has 0 bridgehead atoms. The Labute approximate surface area is 131 Å². The Balaban J connectivity index is 1.89. The van der Waals surface area contributed by atoms with Crippen LogP contribution in [0.3, 0.4) is 0 Å². The minimum Gasteiger partial charge on any atom is -0.309 e. The van der Waals surface area contributed by atoms with E-state index in [1.54, 1.807) is 11.3 Å². The molecule has 1 aromatic heterocycles. The molecule has 1 unspecified atom stereocenters. The molecule has 1 atom stereocenters.